The van der Waals surface area contributed by atoms with Crippen LogP contribution in [0.2, 0.25) is 0 Å². The van der Waals surface area contributed by atoms with Gasteiger partial charge in [-0.05, 0) is 41.2 Å². The van der Waals surface area contributed by atoms with E-state index in [1.165, 1.54) is 5.56 Å². The largest absolute Gasteiger partial charge is 0.457 e. The molecular formula is C23H26N2O2S. The van der Waals surface area contributed by atoms with E-state index in [2.05, 4.69) is 43.5 Å². The van der Waals surface area contributed by atoms with Gasteiger partial charge in [-0.2, -0.15) is 0 Å². The minimum Gasteiger partial charge on any atom is -0.457 e. The van der Waals surface area contributed by atoms with E-state index in [9.17, 15) is 4.79 Å². The Morgan fingerprint density at radius 1 is 1.07 bits per heavy atom. The van der Waals surface area contributed by atoms with Crippen LogP contribution in [0.4, 0.5) is 0 Å². The van der Waals surface area contributed by atoms with Crippen LogP contribution in [0.15, 0.2) is 65.9 Å². The van der Waals surface area contributed by atoms with Crippen molar-refractivity contribution in [2.24, 2.45) is 0 Å². The lowest BCUT2D eigenvalue weighted by Gasteiger charge is -2.30. The average Bonchev–Trinajstić information content (AvgIpc) is 2.66. The number of hydrogen-bond donors (Lipinski definition) is 2. The summed E-state index contributed by atoms with van der Waals surface area (Å²) in [5.41, 5.74) is 4.50. The first-order chi connectivity index (χ1) is 13.3. The van der Waals surface area contributed by atoms with Crippen molar-refractivity contribution in [1.82, 2.24) is 10.6 Å². The number of hydrogen-bond acceptors (Lipinski definition) is 3. The van der Waals surface area contributed by atoms with Crippen LogP contribution in [0, 0.1) is 0 Å². The highest BCUT2D eigenvalue weighted by molar-refractivity contribution is 7.80. The van der Waals surface area contributed by atoms with Crippen LogP contribution in [0.1, 0.15) is 50.4 Å². The summed E-state index contributed by atoms with van der Waals surface area (Å²) in [6.45, 7) is 8.61. The van der Waals surface area contributed by atoms with Gasteiger partial charge >= 0.3 is 5.97 Å². The molecule has 0 radical (unpaired) electrons. The summed E-state index contributed by atoms with van der Waals surface area (Å²) in [5, 5.41) is 6.76. The van der Waals surface area contributed by atoms with Gasteiger partial charge in [0.2, 0.25) is 0 Å². The van der Waals surface area contributed by atoms with E-state index < -0.39 is 0 Å². The second-order valence-electron chi connectivity index (χ2n) is 8.00. The number of carbonyl (C=O) groups excluding carboxylic acids is 1. The van der Waals surface area contributed by atoms with Crippen molar-refractivity contribution in [3.63, 3.8) is 0 Å². The molecule has 5 heteroatoms. The molecule has 2 aromatic carbocycles. The molecule has 0 spiro atoms. The molecule has 1 aliphatic heterocycles. The third-order valence-corrected chi connectivity index (χ3v) is 5.03. The third-order valence-electron chi connectivity index (χ3n) is 4.81. The Kier molecular flexibility index (Phi) is 5.84. The standard InChI is InChI=1S/C23H26N2O2S/c1-15-19(21(26)27-14-16-8-6-5-7-9-16)20(25-22(28)24-15)17-10-12-18(13-11-17)23(2,3)4/h5-13,20H,14H2,1-4H3,(H2,24,25,28). The van der Waals surface area contributed by atoms with E-state index in [0.717, 1.165) is 11.1 Å². The first-order valence-corrected chi connectivity index (χ1v) is 9.76. The number of esters is 1. The number of ether oxygens (including phenoxy) is 1. The number of thiocarbonyl (C=S) groups is 1. The number of carbonyl (C=O) groups is 1. The Balaban J connectivity index is 1.85. The van der Waals surface area contributed by atoms with Gasteiger partial charge in [-0.15, -0.1) is 0 Å². The molecule has 0 aromatic heterocycles. The van der Waals surface area contributed by atoms with Crippen LogP contribution in [0.5, 0.6) is 0 Å². The van der Waals surface area contributed by atoms with Crippen molar-refractivity contribution in [2.75, 3.05) is 0 Å². The Morgan fingerprint density at radius 2 is 1.71 bits per heavy atom. The molecule has 0 saturated carbocycles. The second kappa shape index (κ2) is 8.15. The third kappa shape index (κ3) is 4.60. The maximum atomic E-state index is 12.9. The number of nitrogens with one attached hydrogen (secondary N) is 2. The highest BCUT2D eigenvalue weighted by Crippen LogP contribution is 2.30. The van der Waals surface area contributed by atoms with Crippen LogP contribution in [-0.2, 0) is 21.6 Å². The van der Waals surface area contributed by atoms with Gasteiger partial charge in [0.1, 0.15) is 6.61 Å². The fourth-order valence-corrected chi connectivity index (χ4v) is 3.46. The predicted molar refractivity (Wildman–Crippen MR) is 116 cm³/mol. The molecule has 1 aliphatic rings. The molecular weight excluding hydrogens is 368 g/mol. The molecule has 0 saturated heterocycles. The highest BCUT2D eigenvalue weighted by atomic mass is 32.1. The van der Waals surface area contributed by atoms with Gasteiger partial charge in [-0.1, -0.05) is 75.4 Å². The average molecular weight is 395 g/mol. The maximum absolute atomic E-state index is 12.9. The topological polar surface area (TPSA) is 50.4 Å². The molecule has 1 unspecified atom stereocenters. The summed E-state index contributed by atoms with van der Waals surface area (Å²) >= 11 is 5.32. The van der Waals surface area contributed by atoms with Crippen LogP contribution in [0.25, 0.3) is 0 Å². The van der Waals surface area contributed by atoms with Crippen molar-refractivity contribution >= 4 is 23.3 Å². The quantitative estimate of drug-likeness (QED) is 0.590. The molecule has 0 aliphatic carbocycles. The molecule has 4 nitrogen and oxygen atoms in total. The molecule has 2 N–H and O–H groups in total. The van der Waals surface area contributed by atoms with Crippen molar-refractivity contribution in [3.8, 4) is 0 Å². The smallest absolute Gasteiger partial charge is 0.338 e. The van der Waals surface area contributed by atoms with E-state index in [-0.39, 0.29) is 24.0 Å². The molecule has 1 heterocycles. The Morgan fingerprint density at radius 3 is 2.32 bits per heavy atom. The van der Waals surface area contributed by atoms with Gasteiger partial charge in [-0.25, -0.2) is 4.79 Å². The van der Waals surface area contributed by atoms with E-state index in [0.29, 0.717) is 16.4 Å². The molecule has 28 heavy (non-hydrogen) atoms. The monoisotopic (exact) mass is 394 g/mol. The second-order valence-corrected chi connectivity index (χ2v) is 8.41. The molecule has 3 rings (SSSR count). The molecule has 0 bridgehead atoms. The van der Waals surface area contributed by atoms with E-state index in [1.807, 2.05) is 49.4 Å². The van der Waals surface area contributed by atoms with Gasteiger partial charge in [0, 0.05) is 5.70 Å². The molecule has 0 fully saturated rings. The molecule has 1 atom stereocenters. The zero-order chi connectivity index (χ0) is 20.3. The normalized spacial score (nSPS) is 17.0. The zero-order valence-corrected chi connectivity index (χ0v) is 17.5. The molecule has 146 valence electrons. The van der Waals surface area contributed by atoms with Gasteiger partial charge in [0.15, 0.2) is 5.11 Å². The predicted octanol–water partition coefficient (Wildman–Crippen LogP) is 4.52. The number of rotatable bonds is 4. The summed E-state index contributed by atoms with van der Waals surface area (Å²) in [4.78, 5) is 12.9. The molecule has 0 amide bonds. The van der Waals surface area contributed by atoms with Crippen molar-refractivity contribution in [3.05, 3.63) is 82.6 Å². The number of benzene rings is 2. The zero-order valence-electron chi connectivity index (χ0n) is 16.7. The fourth-order valence-electron chi connectivity index (χ4n) is 3.19. The van der Waals surface area contributed by atoms with E-state index in [1.54, 1.807) is 0 Å². The van der Waals surface area contributed by atoms with Gasteiger partial charge in [0.25, 0.3) is 0 Å². The van der Waals surface area contributed by atoms with Crippen molar-refractivity contribution < 1.29 is 9.53 Å². The fraction of sp³-hybridized carbons (Fsp3) is 0.304. The Hall–Kier alpha value is -2.66. The molecule has 2 aromatic rings. The lowest BCUT2D eigenvalue weighted by atomic mass is 9.85. The Bertz CT molecular complexity index is 896. The maximum Gasteiger partial charge on any atom is 0.338 e. The lowest BCUT2D eigenvalue weighted by molar-refractivity contribution is -0.140. The van der Waals surface area contributed by atoms with Crippen LogP contribution in [0.3, 0.4) is 0 Å². The first kappa shape index (κ1) is 20.1. The summed E-state index contributed by atoms with van der Waals surface area (Å²) < 4.78 is 5.58. The minimum absolute atomic E-state index is 0.0680. The van der Waals surface area contributed by atoms with Crippen molar-refractivity contribution in [2.45, 2.75) is 45.8 Å². The van der Waals surface area contributed by atoms with E-state index in [4.69, 9.17) is 17.0 Å². The summed E-state index contributed by atoms with van der Waals surface area (Å²) in [6, 6.07) is 17.6. The van der Waals surface area contributed by atoms with Crippen LogP contribution < -0.4 is 10.6 Å². The van der Waals surface area contributed by atoms with Crippen LogP contribution >= 0.6 is 12.2 Å². The number of allylic oxidation sites excluding steroid dienone is 1. The van der Waals surface area contributed by atoms with Crippen LogP contribution in [-0.4, -0.2) is 11.1 Å². The highest BCUT2D eigenvalue weighted by Gasteiger charge is 2.31. The summed E-state index contributed by atoms with van der Waals surface area (Å²) in [6.07, 6.45) is 0. The van der Waals surface area contributed by atoms with Gasteiger partial charge < -0.3 is 15.4 Å². The summed E-state index contributed by atoms with van der Waals surface area (Å²) in [7, 11) is 0. The SMILES string of the molecule is CC1=C(C(=O)OCc2ccccc2)C(c2ccc(C(C)(C)C)cc2)NC(=S)N1. The van der Waals surface area contributed by atoms with Gasteiger partial charge in [0.05, 0.1) is 11.6 Å². The lowest BCUT2D eigenvalue weighted by Crippen LogP contribution is -2.45. The van der Waals surface area contributed by atoms with Crippen molar-refractivity contribution in [1.29, 1.82) is 0 Å². The Labute approximate surface area is 172 Å². The minimum atomic E-state index is -0.353. The first-order valence-electron chi connectivity index (χ1n) is 9.35. The van der Waals surface area contributed by atoms with E-state index >= 15 is 0 Å². The van der Waals surface area contributed by atoms with Gasteiger partial charge in [-0.3, -0.25) is 0 Å². The summed E-state index contributed by atoms with van der Waals surface area (Å²) in [5.74, 6) is -0.353.